The van der Waals surface area contributed by atoms with Gasteiger partial charge in [0.25, 0.3) is 5.56 Å². The smallest absolute Gasteiger partial charge is 0.338 e. The van der Waals surface area contributed by atoms with E-state index in [0.717, 1.165) is 26.1 Å². The topological polar surface area (TPSA) is 79.1 Å². The average molecular weight is 728 g/mol. The van der Waals surface area contributed by atoms with E-state index in [9.17, 15) is 9.59 Å². The van der Waals surface area contributed by atoms with Crippen LogP contribution in [0.15, 0.2) is 122 Å². The van der Waals surface area contributed by atoms with Crippen LogP contribution in [-0.2, 0) is 16.1 Å². The molecule has 0 radical (unpaired) electrons. The van der Waals surface area contributed by atoms with Crippen LogP contribution in [0.25, 0.3) is 11.8 Å². The molecule has 2 heterocycles. The third-order valence-electron chi connectivity index (χ3n) is 7.62. The van der Waals surface area contributed by atoms with E-state index in [-0.39, 0.29) is 12.2 Å². The summed E-state index contributed by atoms with van der Waals surface area (Å²) in [6.07, 6.45) is 3.80. The van der Waals surface area contributed by atoms with Crippen molar-refractivity contribution >= 4 is 56.8 Å². The van der Waals surface area contributed by atoms with Crippen molar-refractivity contribution in [1.29, 1.82) is 0 Å². The van der Waals surface area contributed by atoms with E-state index < -0.39 is 12.0 Å². The molecule has 0 N–H and O–H groups in total. The van der Waals surface area contributed by atoms with E-state index >= 15 is 0 Å². The minimum Gasteiger partial charge on any atom is -0.493 e. The number of benzene rings is 4. The van der Waals surface area contributed by atoms with Crippen molar-refractivity contribution in [3.63, 3.8) is 0 Å². The van der Waals surface area contributed by atoms with E-state index in [1.165, 1.54) is 11.3 Å². The Hall–Kier alpha value is -4.38. The molecule has 1 aliphatic rings. The Bertz CT molecular complexity index is 2120. The second-order valence-corrected chi connectivity index (χ2v) is 13.3. The van der Waals surface area contributed by atoms with Crippen LogP contribution in [0.3, 0.4) is 0 Å². The minimum absolute atomic E-state index is 0.186. The molecule has 47 heavy (non-hydrogen) atoms. The third kappa shape index (κ3) is 6.86. The molecule has 0 fully saturated rings. The highest BCUT2D eigenvalue weighted by Gasteiger charge is 2.35. The summed E-state index contributed by atoms with van der Waals surface area (Å²) in [6, 6.07) is 30.1. The van der Waals surface area contributed by atoms with E-state index in [1.54, 1.807) is 36.4 Å². The molecule has 1 aromatic heterocycles. The lowest BCUT2D eigenvalue weighted by atomic mass is 9.93. The molecule has 238 valence electrons. The Morgan fingerprint density at radius 3 is 2.43 bits per heavy atom. The van der Waals surface area contributed by atoms with Gasteiger partial charge in [0, 0.05) is 20.5 Å². The van der Waals surface area contributed by atoms with Gasteiger partial charge in [-0.25, -0.2) is 9.79 Å². The van der Waals surface area contributed by atoms with Gasteiger partial charge in [0.1, 0.15) is 6.61 Å². The van der Waals surface area contributed by atoms with Crippen LogP contribution >= 0.6 is 39.0 Å². The molecule has 0 spiro atoms. The fraction of sp³-hybridized carbons (Fsp3) is 0.162. The number of para-hydroxylation sites is 1. The normalized spacial score (nSPS) is 14.4. The van der Waals surface area contributed by atoms with E-state index in [2.05, 4.69) is 15.9 Å². The van der Waals surface area contributed by atoms with E-state index in [4.69, 9.17) is 19.2 Å². The number of thiazole rings is 1. The number of thioether (sulfide) groups is 1. The lowest BCUT2D eigenvalue weighted by Crippen LogP contribution is -2.40. The maximum Gasteiger partial charge on any atom is 0.338 e. The zero-order valence-electron chi connectivity index (χ0n) is 25.9. The number of esters is 1. The van der Waals surface area contributed by atoms with Crippen LogP contribution in [-0.4, -0.2) is 30.5 Å². The predicted molar refractivity (Wildman–Crippen MR) is 191 cm³/mol. The summed E-state index contributed by atoms with van der Waals surface area (Å²) in [4.78, 5) is 34.6. The van der Waals surface area contributed by atoms with Crippen molar-refractivity contribution in [2.45, 2.75) is 24.5 Å². The molecule has 0 unspecified atom stereocenters. The van der Waals surface area contributed by atoms with Gasteiger partial charge >= 0.3 is 5.97 Å². The standard InChI is InChI=1S/C37H31BrN2O5S2/c1-4-44-36(42)31-32(24-9-6-5-7-10-24)39-37-40(33(31)25-15-19-28(46-3)20-16-25)35(41)30(47-37)21-26-11-8-12-29(43-2)34(26)45-22-23-13-17-27(38)18-14-23/h5-21,33H,4,22H2,1-3H3/b30-21-/t33-/m1/s1. The summed E-state index contributed by atoms with van der Waals surface area (Å²) in [5.74, 6) is 0.552. The van der Waals surface area contributed by atoms with Gasteiger partial charge in [-0.3, -0.25) is 9.36 Å². The van der Waals surface area contributed by atoms with Crippen LogP contribution in [0.2, 0.25) is 0 Å². The van der Waals surface area contributed by atoms with Gasteiger partial charge in [-0.15, -0.1) is 11.8 Å². The molecule has 7 nitrogen and oxygen atoms in total. The highest BCUT2D eigenvalue weighted by atomic mass is 79.9. The largest absolute Gasteiger partial charge is 0.493 e. The number of aromatic nitrogens is 1. The summed E-state index contributed by atoms with van der Waals surface area (Å²) in [5, 5.41) is 0. The summed E-state index contributed by atoms with van der Waals surface area (Å²) < 4.78 is 20.6. The van der Waals surface area contributed by atoms with Crippen LogP contribution in [0.5, 0.6) is 11.5 Å². The average Bonchev–Trinajstić information content (AvgIpc) is 3.41. The number of hydrogen-bond acceptors (Lipinski definition) is 8. The Morgan fingerprint density at radius 2 is 1.74 bits per heavy atom. The number of carbonyl (C=O) groups is 1. The molecule has 5 aromatic rings. The first-order valence-corrected chi connectivity index (χ1v) is 17.7. The molecular formula is C37H31BrN2O5S2. The number of nitrogens with zero attached hydrogens (tertiary/aromatic N) is 2. The van der Waals surface area contributed by atoms with Crippen LogP contribution in [0.4, 0.5) is 0 Å². The lowest BCUT2D eigenvalue weighted by molar-refractivity contribution is -0.138. The fourth-order valence-electron chi connectivity index (χ4n) is 5.38. The Morgan fingerprint density at radius 1 is 1.00 bits per heavy atom. The van der Waals surface area contributed by atoms with Crippen LogP contribution in [0.1, 0.15) is 35.2 Å². The van der Waals surface area contributed by atoms with Crippen LogP contribution in [0, 0.1) is 0 Å². The molecule has 0 aliphatic carbocycles. The number of carbonyl (C=O) groups excluding carboxylic acids is 1. The van der Waals surface area contributed by atoms with Crippen molar-refractivity contribution < 1.29 is 19.0 Å². The van der Waals surface area contributed by atoms with Crippen molar-refractivity contribution in [2.24, 2.45) is 4.99 Å². The highest BCUT2D eigenvalue weighted by Crippen LogP contribution is 2.36. The summed E-state index contributed by atoms with van der Waals surface area (Å²) >= 11 is 6.36. The number of hydrogen-bond donors (Lipinski definition) is 0. The molecule has 1 atom stereocenters. The Kier molecular flexibility index (Phi) is 10.1. The molecule has 0 bridgehead atoms. The molecule has 0 saturated carbocycles. The minimum atomic E-state index is -0.753. The van der Waals surface area contributed by atoms with Gasteiger partial charge in [-0.2, -0.15) is 0 Å². The van der Waals surface area contributed by atoms with Gasteiger partial charge in [-0.1, -0.05) is 94.0 Å². The number of ether oxygens (including phenoxy) is 3. The van der Waals surface area contributed by atoms with Gasteiger partial charge in [0.05, 0.1) is 35.6 Å². The van der Waals surface area contributed by atoms with Gasteiger partial charge in [0.2, 0.25) is 0 Å². The molecule has 0 saturated heterocycles. The first kappa shape index (κ1) is 32.6. The fourth-order valence-corrected chi connectivity index (χ4v) is 7.05. The number of halogens is 1. The number of rotatable bonds is 10. The van der Waals surface area contributed by atoms with Crippen molar-refractivity contribution in [3.05, 3.63) is 149 Å². The number of fused-ring (bicyclic) bond motifs is 1. The second kappa shape index (κ2) is 14.6. The Labute approximate surface area is 289 Å². The van der Waals surface area contributed by atoms with E-state index in [0.29, 0.717) is 44.3 Å². The third-order valence-corrected chi connectivity index (χ3v) is 9.87. The molecule has 0 amide bonds. The molecular weight excluding hydrogens is 696 g/mol. The van der Waals surface area contributed by atoms with Crippen molar-refractivity contribution in [1.82, 2.24) is 4.57 Å². The highest BCUT2D eigenvalue weighted by molar-refractivity contribution is 9.10. The summed E-state index contributed by atoms with van der Waals surface area (Å²) in [6.45, 7) is 2.26. The molecule has 10 heteroatoms. The van der Waals surface area contributed by atoms with Gasteiger partial charge < -0.3 is 14.2 Å². The zero-order valence-corrected chi connectivity index (χ0v) is 29.2. The second-order valence-electron chi connectivity index (χ2n) is 10.5. The van der Waals surface area contributed by atoms with Crippen molar-refractivity contribution in [3.8, 4) is 11.5 Å². The van der Waals surface area contributed by atoms with Crippen LogP contribution < -0.4 is 24.4 Å². The monoisotopic (exact) mass is 726 g/mol. The quantitative estimate of drug-likeness (QED) is 0.114. The first-order chi connectivity index (χ1) is 22.9. The number of methoxy groups -OCH3 is 1. The van der Waals surface area contributed by atoms with Gasteiger partial charge in [-0.05, 0) is 60.7 Å². The SMILES string of the molecule is CCOC(=O)C1=C(c2ccccc2)N=c2s/c(=C\c3cccc(OC)c3OCc3ccc(Br)cc3)c(=O)n2[C@@H]1c1ccc(SC)cc1. The van der Waals surface area contributed by atoms with E-state index in [1.807, 2.05) is 103 Å². The summed E-state index contributed by atoms with van der Waals surface area (Å²) in [7, 11) is 1.59. The molecule has 6 rings (SSSR count). The molecule has 4 aromatic carbocycles. The van der Waals surface area contributed by atoms with Gasteiger partial charge in [0.15, 0.2) is 16.3 Å². The maximum atomic E-state index is 14.4. The Balaban J connectivity index is 1.54. The zero-order chi connectivity index (χ0) is 32.9. The first-order valence-electron chi connectivity index (χ1n) is 14.9. The molecule has 1 aliphatic heterocycles. The predicted octanol–water partition coefficient (Wildman–Crippen LogP) is 7.01. The maximum absolute atomic E-state index is 14.4. The summed E-state index contributed by atoms with van der Waals surface area (Å²) in [5.41, 5.74) is 3.72. The lowest BCUT2D eigenvalue weighted by Gasteiger charge is -2.26. The van der Waals surface area contributed by atoms with Crippen molar-refractivity contribution in [2.75, 3.05) is 20.0 Å².